The third-order valence-corrected chi connectivity index (χ3v) is 3.07. The van der Waals surface area contributed by atoms with Gasteiger partial charge in [0, 0.05) is 22.9 Å². The zero-order chi connectivity index (χ0) is 13.0. The Morgan fingerprint density at radius 3 is 3.06 bits per heavy atom. The van der Waals surface area contributed by atoms with Crippen LogP contribution in [0.2, 0.25) is 0 Å². The average Bonchev–Trinajstić information content (AvgIpc) is 2.77. The number of likely N-dealkylation sites (N-methyl/N-ethyl adjacent to an activating group) is 1. The predicted octanol–water partition coefficient (Wildman–Crippen LogP) is 1.66. The van der Waals surface area contributed by atoms with Crippen LogP contribution in [0, 0.1) is 0 Å². The van der Waals surface area contributed by atoms with E-state index in [-0.39, 0.29) is 5.91 Å². The van der Waals surface area contributed by atoms with Gasteiger partial charge in [-0.15, -0.1) is 0 Å². The maximum absolute atomic E-state index is 12.0. The molecule has 0 radical (unpaired) electrons. The summed E-state index contributed by atoms with van der Waals surface area (Å²) in [5, 5.41) is 13.7. The number of H-pyrrole nitrogens is 1. The van der Waals surface area contributed by atoms with Crippen LogP contribution < -0.4 is 10.6 Å². The topological polar surface area (TPSA) is 69.8 Å². The minimum atomic E-state index is -0.155. The van der Waals surface area contributed by atoms with Crippen LogP contribution in [-0.2, 0) is 0 Å². The number of aromatic amines is 1. The number of rotatable bonds is 5. The molecule has 6 heteroatoms. The van der Waals surface area contributed by atoms with Gasteiger partial charge >= 0.3 is 0 Å². The number of nitrogens with one attached hydrogen (secondary N) is 3. The molecule has 0 atom stereocenters. The van der Waals surface area contributed by atoms with Crippen molar-refractivity contribution in [2.24, 2.45) is 0 Å². The van der Waals surface area contributed by atoms with Gasteiger partial charge in [-0.05, 0) is 24.7 Å². The Morgan fingerprint density at radius 2 is 2.28 bits per heavy atom. The number of carbonyl (C=O) groups is 1. The molecular formula is C12H15BrN4O. The van der Waals surface area contributed by atoms with Crippen molar-refractivity contribution in [3.8, 4) is 0 Å². The Balaban J connectivity index is 2.10. The maximum Gasteiger partial charge on any atom is 0.272 e. The highest BCUT2D eigenvalue weighted by molar-refractivity contribution is 9.10. The molecule has 18 heavy (non-hydrogen) atoms. The summed E-state index contributed by atoms with van der Waals surface area (Å²) in [4.78, 5) is 12.0. The second kappa shape index (κ2) is 5.97. The fraction of sp³-hybridized carbons (Fsp3) is 0.333. The van der Waals surface area contributed by atoms with Crippen LogP contribution in [-0.4, -0.2) is 35.7 Å². The van der Waals surface area contributed by atoms with Crippen molar-refractivity contribution in [3.05, 3.63) is 28.4 Å². The lowest BCUT2D eigenvalue weighted by molar-refractivity contribution is 0.0950. The van der Waals surface area contributed by atoms with Gasteiger partial charge in [-0.25, -0.2) is 0 Å². The second-order valence-electron chi connectivity index (χ2n) is 3.87. The van der Waals surface area contributed by atoms with E-state index in [1.807, 2.05) is 25.1 Å². The van der Waals surface area contributed by atoms with Crippen LogP contribution in [0.15, 0.2) is 22.7 Å². The highest BCUT2D eigenvalue weighted by Gasteiger charge is 2.13. The van der Waals surface area contributed by atoms with E-state index in [1.54, 1.807) is 0 Å². The number of hydrogen-bond donors (Lipinski definition) is 3. The molecule has 3 N–H and O–H groups in total. The number of halogens is 1. The van der Waals surface area contributed by atoms with Gasteiger partial charge in [0.15, 0.2) is 5.69 Å². The van der Waals surface area contributed by atoms with Crippen molar-refractivity contribution >= 4 is 32.7 Å². The lowest BCUT2D eigenvalue weighted by atomic mass is 10.2. The monoisotopic (exact) mass is 310 g/mol. The lowest BCUT2D eigenvalue weighted by Gasteiger charge is -2.03. The number of amides is 1. The molecule has 0 unspecified atom stereocenters. The van der Waals surface area contributed by atoms with Crippen molar-refractivity contribution in [2.45, 2.75) is 6.92 Å². The summed E-state index contributed by atoms with van der Waals surface area (Å²) in [6.45, 7) is 4.28. The Bertz CT molecular complexity index is 552. The Morgan fingerprint density at radius 1 is 1.44 bits per heavy atom. The predicted molar refractivity (Wildman–Crippen MR) is 74.7 cm³/mol. The van der Waals surface area contributed by atoms with Crippen LogP contribution in [0.25, 0.3) is 10.9 Å². The van der Waals surface area contributed by atoms with Crippen LogP contribution in [0.3, 0.4) is 0 Å². The Kier molecular flexibility index (Phi) is 4.33. The average molecular weight is 311 g/mol. The van der Waals surface area contributed by atoms with Crippen LogP contribution in [0.4, 0.5) is 0 Å². The van der Waals surface area contributed by atoms with Crippen molar-refractivity contribution in [3.63, 3.8) is 0 Å². The van der Waals surface area contributed by atoms with Crippen molar-refractivity contribution in [2.75, 3.05) is 19.6 Å². The lowest BCUT2D eigenvalue weighted by Crippen LogP contribution is -2.32. The molecule has 1 amide bonds. The summed E-state index contributed by atoms with van der Waals surface area (Å²) in [5.41, 5.74) is 1.29. The molecule has 1 heterocycles. The molecule has 0 saturated carbocycles. The minimum absolute atomic E-state index is 0.155. The number of nitrogens with zero attached hydrogens (tertiary/aromatic N) is 1. The molecule has 1 aromatic carbocycles. The molecule has 0 aliphatic rings. The quantitative estimate of drug-likeness (QED) is 0.736. The molecule has 2 rings (SSSR count). The third kappa shape index (κ3) is 2.88. The summed E-state index contributed by atoms with van der Waals surface area (Å²) in [6.07, 6.45) is 0. The first kappa shape index (κ1) is 13.0. The van der Waals surface area contributed by atoms with E-state index in [9.17, 15) is 4.79 Å². The Labute approximate surface area is 113 Å². The van der Waals surface area contributed by atoms with Gasteiger partial charge in [-0.3, -0.25) is 9.89 Å². The SMILES string of the molecule is CCNCCNC(=O)c1n[nH]c2ccc(Br)cc12. The van der Waals surface area contributed by atoms with Crippen LogP contribution >= 0.6 is 15.9 Å². The molecule has 0 saturated heterocycles. The molecule has 2 aromatic rings. The van der Waals surface area contributed by atoms with Gasteiger partial charge in [0.1, 0.15) is 0 Å². The smallest absolute Gasteiger partial charge is 0.272 e. The summed E-state index contributed by atoms with van der Waals surface area (Å²) in [6, 6.07) is 5.69. The molecule has 5 nitrogen and oxygen atoms in total. The number of hydrogen-bond acceptors (Lipinski definition) is 3. The first-order valence-electron chi connectivity index (χ1n) is 5.85. The number of fused-ring (bicyclic) bond motifs is 1. The number of aromatic nitrogens is 2. The summed E-state index contributed by atoms with van der Waals surface area (Å²) < 4.78 is 0.929. The van der Waals surface area contributed by atoms with Gasteiger partial charge in [-0.1, -0.05) is 22.9 Å². The van der Waals surface area contributed by atoms with Gasteiger partial charge in [-0.2, -0.15) is 5.10 Å². The molecule has 0 aliphatic carbocycles. The highest BCUT2D eigenvalue weighted by atomic mass is 79.9. The normalized spacial score (nSPS) is 10.8. The fourth-order valence-electron chi connectivity index (χ4n) is 1.68. The van der Waals surface area contributed by atoms with E-state index in [0.717, 1.165) is 28.5 Å². The zero-order valence-corrected chi connectivity index (χ0v) is 11.7. The van der Waals surface area contributed by atoms with Crippen molar-refractivity contribution in [1.82, 2.24) is 20.8 Å². The first-order valence-corrected chi connectivity index (χ1v) is 6.64. The molecule has 0 aliphatic heterocycles. The number of carbonyl (C=O) groups excluding carboxylic acids is 1. The van der Waals surface area contributed by atoms with Gasteiger partial charge in [0.2, 0.25) is 0 Å². The highest BCUT2D eigenvalue weighted by Crippen LogP contribution is 2.20. The summed E-state index contributed by atoms with van der Waals surface area (Å²) in [5.74, 6) is -0.155. The van der Waals surface area contributed by atoms with E-state index in [2.05, 4.69) is 36.8 Å². The van der Waals surface area contributed by atoms with Crippen LogP contribution in [0.5, 0.6) is 0 Å². The van der Waals surface area contributed by atoms with E-state index < -0.39 is 0 Å². The Hall–Kier alpha value is -1.40. The minimum Gasteiger partial charge on any atom is -0.349 e. The van der Waals surface area contributed by atoms with E-state index in [1.165, 1.54) is 0 Å². The molecule has 96 valence electrons. The van der Waals surface area contributed by atoms with E-state index in [4.69, 9.17) is 0 Å². The third-order valence-electron chi connectivity index (χ3n) is 2.58. The maximum atomic E-state index is 12.0. The van der Waals surface area contributed by atoms with Gasteiger partial charge in [0.25, 0.3) is 5.91 Å². The zero-order valence-electron chi connectivity index (χ0n) is 10.1. The summed E-state index contributed by atoms with van der Waals surface area (Å²) in [7, 11) is 0. The molecule has 1 aromatic heterocycles. The largest absolute Gasteiger partial charge is 0.349 e. The van der Waals surface area contributed by atoms with E-state index >= 15 is 0 Å². The molecule has 0 fully saturated rings. The standard InChI is InChI=1S/C12H15BrN4O/c1-2-14-5-6-15-12(18)11-9-7-8(13)3-4-10(9)16-17-11/h3-4,7,14H,2,5-6H2,1H3,(H,15,18)(H,16,17). The molecule has 0 spiro atoms. The summed E-state index contributed by atoms with van der Waals surface area (Å²) >= 11 is 3.39. The first-order chi connectivity index (χ1) is 8.72. The van der Waals surface area contributed by atoms with E-state index in [0.29, 0.717) is 12.2 Å². The van der Waals surface area contributed by atoms with Crippen molar-refractivity contribution in [1.29, 1.82) is 0 Å². The van der Waals surface area contributed by atoms with Gasteiger partial charge < -0.3 is 10.6 Å². The second-order valence-corrected chi connectivity index (χ2v) is 4.79. The number of benzene rings is 1. The fourth-order valence-corrected chi connectivity index (χ4v) is 2.05. The van der Waals surface area contributed by atoms with Crippen LogP contribution in [0.1, 0.15) is 17.4 Å². The molecule has 0 bridgehead atoms. The molecular weight excluding hydrogens is 296 g/mol. The van der Waals surface area contributed by atoms with Gasteiger partial charge in [0.05, 0.1) is 5.52 Å². The van der Waals surface area contributed by atoms with Crippen molar-refractivity contribution < 1.29 is 4.79 Å².